The number of hydrogen-bond donors (Lipinski definition) is 0. The first-order valence-electron chi connectivity index (χ1n) is 10.8. The van der Waals surface area contributed by atoms with E-state index in [0.29, 0.717) is 18.1 Å². The topological polar surface area (TPSA) is 60.2 Å². The molecule has 3 unspecified atom stereocenters. The molecule has 0 aliphatic carbocycles. The molecule has 3 aromatic rings. The molecule has 2 aliphatic rings. The molecule has 7 heteroatoms. The number of amides is 1. The number of carbonyl (C=O) groups excluding carboxylic acids is 1. The number of aryl methyl sites for hydroxylation is 1. The van der Waals surface area contributed by atoms with Crippen LogP contribution < -0.4 is 4.74 Å². The van der Waals surface area contributed by atoms with Crippen molar-refractivity contribution in [3.8, 4) is 11.6 Å². The van der Waals surface area contributed by atoms with Crippen LogP contribution in [0, 0.1) is 18.7 Å². The summed E-state index contributed by atoms with van der Waals surface area (Å²) in [5.41, 5.74) is 2.53. The quantitative estimate of drug-likeness (QED) is 0.621. The first-order chi connectivity index (χ1) is 15.1. The van der Waals surface area contributed by atoms with E-state index in [9.17, 15) is 9.18 Å². The molecule has 31 heavy (non-hydrogen) atoms. The summed E-state index contributed by atoms with van der Waals surface area (Å²) in [5.74, 6) is 0.324. The van der Waals surface area contributed by atoms with Crippen molar-refractivity contribution in [3.63, 3.8) is 0 Å². The van der Waals surface area contributed by atoms with Gasteiger partial charge in [0.05, 0.1) is 24.1 Å². The minimum absolute atomic E-state index is 0.0614. The van der Waals surface area contributed by atoms with Crippen LogP contribution in [-0.2, 0) is 0 Å². The Balaban J connectivity index is 1.38. The standard InChI is InChI=1S/C24H25FN4O2/c1-16-3-8-22(28-12-2-11-27-28)20(13-16)24(30)29-19-6-4-17(21(29)9-7-19)15-31-23-10-5-18(25)14-26-23/h2-3,5,8,10-14,17,19,21H,4,6-7,9,15H2,1H3. The summed E-state index contributed by atoms with van der Waals surface area (Å²) in [6, 6.07) is 11.1. The van der Waals surface area contributed by atoms with Crippen molar-refractivity contribution in [3.05, 3.63) is 71.9 Å². The molecule has 2 fully saturated rings. The number of hydrogen-bond acceptors (Lipinski definition) is 4. The molecular formula is C24H25FN4O2. The second-order valence-corrected chi connectivity index (χ2v) is 8.45. The summed E-state index contributed by atoms with van der Waals surface area (Å²) in [4.78, 5) is 19.8. The second kappa shape index (κ2) is 8.13. The second-order valence-electron chi connectivity index (χ2n) is 8.45. The molecule has 2 aromatic heterocycles. The molecule has 5 rings (SSSR count). The highest BCUT2D eigenvalue weighted by Gasteiger charge is 2.45. The molecule has 3 atom stereocenters. The Hall–Kier alpha value is -3.22. The van der Waals surface area contributed by atoms with Crippen LogP contribution in [0.15, 0.2) is 55.0 Å². The van der Waals surface area contributed by atoms with Gasteiger partial charge < -0.3 is 9.64 Å². The first kappa shape index (κ1) is 19.7. The van der Waals surface area contributed by atoms with Crippen LogP contribution in [0.4, 0.5) is 4.39 Å². The van der Waals surface area contributed by atoms with Crippen molar-refractivity contribution in [2.45, 2.75) is 44.7 Å². The summed E-state index contributed by atoms with van der Waals surface area (Å²) in [5, 5.41) is 4.33. The van der Waals surface area contributed by atoms with Gasteiger partial charge >= 0.3 is 0 Å². The Morgan fingerprint density at radius 2 is 2.06 bits per heavy atom. The highest BCUT2D eigenvalue weighted by Crippen LogP contribution is 2.40. The zero-order valence-electron chi connectivity index (χ0n) is 17.4. The monoisotopic (exact) mass is 420 g/mol. The van der Waals surface area contributed by atoms with Gasteiger partial charge in [0.25, 0.3) is 5.91 Å². The van der Waals surface area contributed by atoms with E-state index in [1.54, 1.807) is 16.9 Å². The van der Waals surface area contributed by atoms with Crippen molar-refractivity contribution in [1.82, 2.24) is 19.7 Å². The molecule has 4 heterocycles. The van der Waals surface area contributed by atoms with Crippen LogP contribution in [0.3, 0.4) is 0 Å². The predicted molar refractivity (Wildman–Crippen MR) is 114 cm³/mol. The summed E-state index contributed by atoms with van der Waals surface area (Å²) >= 11 is 0. The molecule has 160 valence electrons. The lowest BCUT2D eigenvalue weighted by atomic mass is 9.90. The average Bonchev–Trinajstić information content (AvgIpc) is 3.41. The number of nitrogens with zero attached hydrogens (tertiary/aromatic N) is 4. The smallest absolute Gasteiger partial charge is 0.256 e. The Kier molecular flexibility index (Phi) is 5.18. The van der Waals surface area contributed by atoms with Gasteiger partial charge in [-0.15, -0.1) is 0 Å². The lowest BCUT2D eigenvalue weighted by Crippen LogP contribution is -2.49. The Labute approximate surface area is 180 Å². The maximum Gasteiger partial charge on any atom is 0.256 e. The third-order valence-electron chi connectivity index (χ3n) is 6.47. The average molecular weight is 420 g/mol. The maximum atomic E-state index is 13.8. The first-order valence-corrected chi connectivity index (χ1v) is 10.8. The van der Waals surface area contributed by atoms with Gasteiger partial charge in [0, 0.05) is 36.5 Å². The number of aromatic nitrogens is 3. The lowest BCUT2D eigenvalue weighted by molar-refractivity contribution is 0.0403. The minimum Gasteiger partial charge on any atom is -0.477 e. The normalized spacial score (nSPS) is 22.5. The maximum absolute atomic E-state index is 13.8. The summed E-state index contributed by atoms with van der Waals surface area (Å²) < 4.78 is 20.7. The number of ether oxygens (including phenoxy) is 1. The lowest BCUT2D eigenvalue weighted by Gasteiger charge is -2.40. The van der Waals surface area contributed by atoms with Gasteiger partial charge in [-0.3, -0.25) is 4.79 Å². The van der Waals surface area contributed by atoms with Gasteiger partial charge in [-0.2, -0.15) is 5.10 Å². The number of carbonyl (C=O) groups is 1. The molecule has 0 spiro atoms. The highest BCUT2D eigenvalue weighted by atomic mass is 19.1. The van der Waals surface area contributed by atoms with Crippen molar-refractivity contribution >= 4 is 5.91 Å². The molecule has 2 bridgehead atoms. The number of piperidine rings is 1. The molecule has 0 N–H and O–H groups in total. The van der Waals surface area contributed by atoms with Crippen LogP contribution in [-0.4, -0.2) is 44.3 Å². The Bertz CT molecular complexity index is 1070. The zero-order chi connectivity index (χ0) is 21.4. The van der Waals surface area contributed by atoms with E-state index in [-0.39, 0.29) is 29.7 Å². The molecule has 0 radical (unpaired) electrons. The van der Waals surface area contributed by atoms with Gasteiger partial charge in [0.2, 0.25) is 5.88 Å². The molecule has 1 amide bonds. The number of benzene rings is 1. The van der Waals surface area contributed by atoms with E-state index in [1.807, 2.05) is 37.4 Å². The fraction of sp³-hybridized carbons (Fsp3) is 0.375. The fourth-order valence-electron chi connectivity index (χ4n) is 4.98. The number of rotatable bonds is 5. The fourth-order valence-corrected chi connectivity index (χ4v) is 4.98. The molecule has 6 nitrogen and oxygen atoms in total. The summed E-state index contributed by atoms with van der Waals surface area (Å²) in [6.45, 7) is 2.47. The van der Waals surface area contributed by atoms with Crippen LogP contribution >= 0.6 is 0 Å². The number of fused-ring (bicyclic) bond motifs is 2. The summed E-state index contributed by atoms with van der Waals surface area (Å²) in [6.07, 6.45) is 8.71. The molecule has 0 saturated carbocycles. The van der Waals surface area contributed by atoms with Gasteiger partial charge in [-0.25, -0.2) is 14.1 Å². The Morgan fingerprint density at radius 1 is 1.19 bits per heavy atom. The van der Waals surface area contributed by atoms with Crippen LogP contribution in [0.5, 0.6) is 5.88 Å². The molecule has 2 saturated heterocycles. The van der Waals surface area contributed by atoms with E-state index in [4.69, 9.17) is 4.74 Å². The van der Waals surface area contributed by atoms with Crippen molar-refractivity contribution in [2.75, 3.05) is 6.61 Å². The van der Waals surface area contributed by atoms with Crippen molar-refractivity contribution in [2.24, 2.45) is 5.92 Å². The van der Waals surface area contributed by atoms with E-state index < -0.39 is 0 Å². The zero-order valence-corrected chi connectivity index (χ0v) is 17.4. The molecule has 2 aliphatic heterocycles. The van der Waals surface area contributed by atoms with E-state index in [2.05, 4.69) is 15.0 Å². The van der Waals surface area contributed by atoms with Gasteiger partial charge in [-0.1, -0.05) is 11.6 Å². The minimum atomic E-state index is -0.383. The summed E-state index contributed by atoms with van der Waals surface area (Å²) in [7, 11) is 0. The Morgan fingerprint density at radius 3 is 2.84 bits per heavy atom. The molecular weight excluding hydrogens is 395 g/mol. The van der Waals surface area contributed by atoms with Crippen molar-refractivity contribution in [1.29, 1.82) is 0 Å². The van der Waals surface area contributed by atoms with E-state index >= 15 is 0 Å². The van der Waals surface area contributed by atoms with Crippen LogP contribution in [0.2, 0.25) is 0 Å². The molecule has 1 aromatic carbocycles. The largest absolute Gasteiger partial charge is 0.477 e. The third-order valence-corrected chi connectivity index (χ3v) is 6.47. The van der Waals surface area contributed by atoms with E-state index in [1.165, 1.54) is 6.07 Å². The number of halogens is 1. The number of pyridine rings is 1. The van der Waals surface area contributed by atoms with Gasteiger partial charge in [-0.05, 0) is 56.9 Å². The van der Waals surface area contributed by atoms with Gasteiger partial charge in [0.1, 0.15) is 5.82 Å². The highest BCUT2D eigenvalue weighted by molar-refractivity contribution is 5.98. The predicted octanol–water partition coefficient (Wildman–Crippen LogP) is 4.18. The van der Waals surface area contributed by atoms with Gasteiger partial charge in [0.15, 0.2) is 0 Å². The SMILES string of the molecule is Cc1ccc(-n2cccn2)c(C(=O)N2C3CCC(COc4ccc(F)cn4)C2CC3)c1. The van der Waals surface area contributed by atoms with Crippen molar-refractivity contribution < 1.29 is 13.9 Å². The van der Waals surface area contributed by atoms with Crippen LogP contribution in [0.1, 0.15) is 41.6 Å². The van der Waals surface area contributed by atoms with E-state index in [0.717, 1.165) is 43.1 Å². The third kappa shape index (κ3) is 3.80. The van der Waals surface area contributed by atoms with Crippen LogP contribution in [0.25, 0.3) is 5.69 Å².